The number of ketones is 1. The van der Waals surface area contributed by atoms with Crippen molar-refractivity contribution in [2.24, 2.45) is 0 Å². The minimum atomic E-state index is -0.152. The Morgan fingerprint density at radius 2 is 2.24 bits per heavy atom. The first-order valence-corrected chi connectivity index (χ1v) is 6.13. The molecule has 2 nitrogen and oxygen atoms in total. The highest BCUT2D eigenvalue weighted by Gasteiger charge is 2.25. The van der Waals surface area contributed by atoms with Crippen LogP contribution < -0.4 is 0 Å². The maximum atomic E-state index is 13.5. The molecule has 0 spiro atoms. The molecule has 1 aromatic carbocycles. The van der Waals surface area contributed by atoms with Gasteiger partial charge in [0.2, 0.25) is 0 Å². The Kier molecular flexibility index (Phi) is 3.89. The van der Waals surface area contributed by atoms with Gasteiger partial charge in [-0.3, -0.25) is 9.69 Å². The Bertz CT molecular complexity index is 405. The molecule has 0 aromatic heterocycles. The molecule has 1 unspecified atom stereocenters. The van der Waals surface area contributed by atoms with E-state index < -0.39 is 0 Å². The van der Waals surface area contributed by atoms with Crippen LogP contribution in [-0.4, -0.2) is 23.3 Å². The number of hydrogen-bond donors (Lipinski definition) is 0. The normalized spacial score (nSPS) is 20.7. The first-order valence-electron chi connectivity index (χ1n) is 6.13. The van der Waals surface area contributed by atoms with Crippen molar-refractivity contribution in [1.29, 1.82) is 0 Å². The fraction of sp³-hybridized carbons (Fsp3) is 0.500. The molecule has 17 heavy (non-hydrogen) atoms. The lowest BCUT2D eigenvalue weighted by atomic mass is 10.1. The topological polar surface area (TPSA) is 20.3 Å². The van der Waals surface area contributed by atoms with Gasteiger partial charge in [-0.2, -0.15) is 0 Å². The average molecular weight is 235 g/mol. The maximum Gasteiger partial charge on any atom is 0.131 e. The predicted molar refractivity (Wildman–Crippen MR) is 65.1 cm³/mol. The maximum absolute atomic E-state index is 13.5. The van der Waals surface area contributed by atoms with Gasteiger partial charge in [0.1, 0.15) is 11.6 Å². The Morgan fingerprint density at radius 1 is 1.47 bits per heavy atom. The molecular formula is C14H18FNO. The zero-order valence-electron chi connectivity index (χ0n) is 10.2. The van der Waals surface area contributed by atoms with E-state index in [4.69, 9.17) is 0 Å². The molecule has 1 aromatic rings. The van der Waals surface area contributed by atoms with E-state index in [1.807, 2.05) is 12.1 Å². The van der Waals surface area contributed by atoms with Crippen molar-refractivity contribution < 1.29 is 9.18 Å². The molecule has 92 valence electrons. The van der Waals surface area contributed by atoms with Gasteiger partial charge in [-0.15, -0.1) is 0 Å². The third kappa shape index (κ3) is 3.13. The molecule has 0 aliphatic carbocycles. The van der Waals surface area contributed by atoms with Crippen molar-refractivity contribution in [2.75, 3.05) is 6.54 Å². The van der Waals surface area contributed by atoms with E-state index in [0.29, 0.717) is 19.0 Å². The Hall–Kier alpha value is -1.22. The molecule has 0 N–H and O–H groups in total. The second-order valence-corrected chi connectivity index (χ2v) is 4.76. The lowest BCUT2D eigenvalue weighted by molar-refractivity contribution is -0.118. The molecule has 0 saturated carbocycles. The summed E-state index contributed by atoms with van der Waals surface area (Å²) in [5, 5.41) is 0. The van der Waals surface area contributed by atoms with Gasteiger partial charge in [0, 0.05) is 24.6 Å². The van der Waals surface area contributed by atoms with Gasteiger partial charge in [0.05, 0.1) is 0 Å². The number of rotatable bonds is 4. The molecule has 1 aliphatic rings. The summed E-state index contributed by atoms with van der Waals surface area (Å²) in [7, 11) is 0. The fourth-order valence-electron chi connectivity index (χ4n) is 2.51. The Morgan fingerprint density at radius 3 is 2.94 bits per heavy atom. The largest absolute Gasteiger partial charge is 0.300 e. The van der Waals surface area contributed by atoms with E-state index >= 15 is 0 Å². The van der Waals surface area contributed by atoms with Crippen LogP contribution in [0.25, 0.3) is 0 Å². The van der Waals surface area contributed by atoms with E-state index in [1.165, 1.54) is 6.07 Å². The number of halogens is 1. The highest BCUT2D eigenvalue weighted by molar-refractivity contribution is 5.76. The van der Waals surface area contributed by atoms with E-state index in [1.54, 1.807) is 13.0 Å². The summed E-state index contributed by atoms with van der Waals surface area (Å²) < 4.78 is 13.5. The molecule has 1 fully saturated rings. The minimum absolute atomic E-state index is 0.152. The van der Waals surface area contributed by atoms with Gasteiger partial charge < -0.3 is 0 Å². The fourth-order valence-corrected chi connectivity index (χ4v) is 2.51. The molecule has 3 heteroatoms. The van der Waals surface area contributed by atoms with Crippen molar-refractivity contribution in [3.63, 3.8) is 0 Å². The first kappa shape index (κ1) is 12.2. The molecule has 2 rings (SSSR count). The molecular weight excluding hydrogens is 217 g/mol. The van der Waals surface area contributed by atoms with Crippen LogP contribution in [0.5, 0.6) is 0 Å². The summed E-state index contributed by atoms with van der Waals surface area (Å²) in [6.45, 7) is 3.20. The minimum Gasteiger partial charge on any atom is -0.300 e. The lowest BCUT2D eigenvalue weighted by Crippen LogP contribution is -2.30. The molecule has 1 aliphatic heterocycles. The van der Waals surface area contributed by atoms with Crippen LogP contribution in [0.4, 0.5) is 4.39 Å². The van der Waals surface area contributed by atoms with Gasteiger partial charge in [0.25, 0.3) is 0 Å². The van der Waals surface area contributed by atoms with Crippen molar-refractivity contribution in [1.82, 2.24) is 4.90 Å². The lowest BCUT2D eigenvalue weighted by Gasteiger charge is -2.23. The third-order valence-electron chi connectivity index (χ3n) is 3.35. The van der Waals surface area contributed by atoms with Crippen LogP contribution in [-0.2, 0) is 11.3 Å². The molecule has 1 atom stereocenters. The van der Waals surface area contributed by atoms with Crippen LogP contribution >= 0.6 is 0 Å². The zero-order chi connectivity index (χ0) is 12.3. The van der Waals surface area contributed by atoms with E-state index in [9.17, 15) is 9.18 Å². The van der Waals surface area contributed by atoms with E-state index in [0.717, 1.165) is 24.9 Å². The smallest absolute Gasteiger partial charge is 0.131 e. The summed E-state index contributed by atoms with van der Waals surface area (Å²) in [5.41, 5.74) is 0.725. The second-order valence-electron chi connectivity index (χ2n) is 4.76. The van der Waals surface area contributed by atoms with Crippen LogP contribution in [0, 0.1) is 5.82 Å². The average Bonchev–Trinajstić information content (AvgIpc) is 2.68. The number of nitrogens with zero attached hydrogens (tertiary/aromatic N) is 1. The standard InChI is InChI=1S/C14H18FNO/c1-11(17)9-13-6-4-8-16(13)10-12-5-2-3-7-14(12)15/h2-3,5,7,13H,4,6,8-10H2,1H3. The highest BCUT2D eigenvalue weighted by Crippen LogP contribution is 2.23. The molecule has 0 amide bonds. The number of hydrogen-bond acceptors (Lipinski definition) is 2. The van der Waals surface area contributed by atoms with Crippen LogP contribution in [0.1, 0.15) is 31.7 Å². The van der Waals surface area contributed by atoms with Gasteiger partial charge in [0.15, 0.2) is 0 Å². The van der Waals surface area contributed by atoms with Gasteiger partial charge in [-0.1, -0.05) is 18.2 Å². The van der Waals surface area contributed by atoms with Crippen molar-refractivity contribution >= 4 is 5.78 Å². The van der Waals surface area contributed by atoms with Gasteiger partial charge >= 0.3 is 0 Å². The van der Waals surface area contributed by atoms with Crippen molar-refractivity contribution in [2.45, 2.75) is 38.8 Å². The summed E-state index contributed by atoms with van der Waals surface area (Å²) in [6.07, 6.45) is 2.74. The predicted octanol–water partition coefficient (Wildman–Crippen LogP) is 2.77. The Labute approximate surface area is 101 Å². The Balaban J connectivity index is 2.03. The third-order valence-corrected chi connectivity index (χ3v) is 3.35. The first-order chi connectivity index (χ1) is 8.16. The summed E-state index contributed by atoms with van der Waals surface area (Å²) in [6, 6.07) is 7.17. The van der Waals surface area contributed by atoms with Crippen LogP contribution in [0.15, 0.2) is 24.3 Å². The van der Waals surface area contributed by atoms with Gasteiger partial charge in [-0.05, 0) is 32.4 Å². The highest BCUT2D eigenvalue weighted by atomic mass is 19.1. The monoisotopic (exact) mass is 235 g/mol. The summed E-state index contributed by atoms with van der Waals surface area (Å²) in [5.74, 6) is 0.0661. The number of benzene rings is 1. The van der Waals surface area contributed by atoms with E-state index in [-0.39, 0.29) is 11.6 Å². The molecule has 0 radical (unpaired) electrons. The summed E-state index contributed by atoms with van der Waals surface area (Å²) >= 11 is 0. The zero-order valence-corrected chi connectivity index (χ0v) is 10.2. The number of carbonyl (C=O) groups excluding carboxylic acids is 1. The number of likely N-dealkylation sites (tertiary alicyclic amines) is 1. The van der Waals surface area contributed by atoms with Crippen molar-refractivity contribution in [3.8, 4) is 0 Å². The molecule has 0 bridgehead atoms. The quantitative estimate of drug-likeness (QED) is 0.799. The van der Waals surface area contributed by atoms with Crippen molar-refractivity contribution in [3.05, 3.63) is 35.6 Å². The molecule has 1 heterocycles. The van der Waals surface area contributed by atoms with Crippen LogP contribution in [0.2, 0.25) is 0 Å². The summed E-state index contributed by atoms with van der Waals surface area (Å²) in [4.78, 5) is 13.4. The second kappa shape index (κ2) is 5.41. The van der Waals surface area contributed by atoms with Crippen LogP contribution in [0.3, 0.4) is 0 Å². The van der Waals surface area contributed by atoms with E-state index in [2.05, 4.69) is 4.90 Å². The molecule has 1 saturated heterocycles. The SMILES string of the molecule is CC(=O)CC1CCCN1Cc1ccccc1F. The number of Topliss-reactive ketones (excluding diaryl/α,β-unsaturated/α-hetero) is 1. The van der Waals surface area contributed by atoms with Gasteiger partial charge in [-0.25, -0.2) is 4.39 Å². The number of carbonyl (C=O) groups is 1.